The number of aromatic nitrogens is 2. The lowest BCUT2D eigenvalue weighted by molar-refractivity contribution is -0.123. The zero-order valence-electron chi connectivity index (χ0n) is 20.6. The summed E-state index contributed by atoms with van der Waals surface area (Å²) in [5.74, 6) is 0.745. The number of alkyl halides is 2. The average molecular weight is 503 g/mol. The monoisotopic (exact) mass is 502 g/mol. The predicted octanol–water partition coefficient (Wildman–Crippen LogP) is 5.71. The van der Waals surface area contributed by atoms with Crippen LogP contribution < -0.4 is 10.6 Å². The third-order valence-corrected chi connectivity index (χ3v) is 8.00. The lowest BCUT2D eigenvalue weighted by atomic mass is 9.66. The zero-order valence-corrected chi connectivity index (χ0v) is 20.6. The number of carbonyl (C=O) groups excluding carboxylic acids is 1. The molecule has 4 aliphatic rings. The average Bonchev–Trinajstić information content (AvgIpc) is 3.38. The van der Waals surface area contributed by atoms with Crippen LogP contribution in [0, 0.1) is 18.7 Å². The summed E-state index contributed by atoms with van der Waals surface area (Å²) in [6, 6.07) is 3.98. The molecule has 1 aliphatic heterocycles. The third-order valence-electron chi connectivity index (χ3n) is 8.00. The molecule has 2 bridgehead atoms. The molecule has 1 saturated heterocycles. The highest BCUT2D eigenvalue weighted by Crippen LogP contribution is 2.44. The molecule has 0 radical (unpaired) electrons. The number of halogens is 3. The van der Waals surface area contributed by atoms with E-state index in [1.165, 1.54) is 31.4 Å². The van der Waals surface area contributed by atoms with Gasteiger partial charge in [0.15, 0.2) is 0 Å². The predicted molar refractivity (Wildman–Crippen MR) is 129 cm³/mol. The molecule has 2 aromatic rings. The Morgan fingerprint density at radius 2 is 1.92 bits per heavy atom. The number of fused-ring (bicyclic) bond motifs is 3. The lowest BCUT2D eigenvalue weighted by Gasteiger charge is -2.47. The van der Waals surface area contributed by atoms with E-state index < -0.39 is 17.8 Å². The van der Waals surface area contributed by atoms with E-state index in [-0.39, 0.29) is 36.1 Å². The molecule has 3 aliphatic carbocycles. The van der Waals surface area contributed by atoms with Gasteiger partial charge in [0.25, 0.3) is 6.43 Å². The Kier molecular flexibility index (Phi) is 7.19. The minimum absolute atomic E-state index is 0.0293. The Hall–Kier alpha value is -2.68. The van der Waals surface area contributed by atoms with Gasteiger partial charge in [-0.2, -0.15) is 0 Å². The fraction of sp³-hybridized carbons (Fsp3) is 0.593. The fourth-order valence-corrected chi connectivity index (χ4v) is 6.06. The second kappa shape index (κ2) is 10.4. The van der Waals surface area contributed by atoms with Crippen LogP contribution in [0.4, 0.5) is 19.0 Å². The van der Waals surface area contributed by atoms with E-state index in [9.17, 15) is 18.0 Å². The SMILES string of the molecule is Cc1nc(CC(=O)NC23CCC(CC2)CC3)c(C2CCCO2)c(NCc2cccc(C(F)F)c2F)n1. The highest BCUT2D eigenvalue weighted by Gasteiger charge is 2.41. The topological polar surface area (TPSA) is 76.1 Å². The van der Waals surface area contributed by atoms with Crippen molar-refractivity contribution in [3.63, 3.8) is 0 Å². The first-order chi connectivity index (χ1) is 17.3. The first kappa shape index (κ1) is 25.0. The molecule has 1 amide bonds. The summed E-state index contributed by atoms with van der Waals surface area (Å²) in [6.45, 7) is 2.31. The molecule has 3 saturated carbocycles. The van der Waals surface area contributed by atoms with Gasteiger partial charge in [-0.15, -0.1) is 0 Å². The van der Waals surface area contributed by atoms with Crippen molar-refractivity contribution in [1.82, 2.24) is 15.3 Å². The molecule has 194 valence electrons. The second-order valence-electron chi connectivity index (χ2n) is 10.4. The van der Waals surface area contributed by atoms with Crippen LogP contribution in [0.25, 0.3) is 0 Å². The van der Waals surface area contributed by atoms with E-state index in [4.69, 9.17) is 4.74 Å². The van der Waals surface area contributed by atoms with Crippen LogP contribution in [0.15, 0.2) is 18.2 Å². The molecule has 6 nitrogen and oxygen atoms in total. The smallest absolute Gasteiger partial charge is 0.266 e. The van der Waals surface area contributed by atoms with Gasteiger partial charge in [-0.1, -0.05) is 18.2 Å². The van der Waals surface area contributed by atoms with Gasteiger partial charge in [0.05, 0.1) is 23.8 Å². The standard InChI is InChI=1S/C27H33F3N4O2/c1-16-32-20(14-22(35)34-27-10-7-17(8-11-27)9-12-27)23(21-6-3-13-36-21)26(33-16)31-15-18-4-2-5-19(24(18)28)25(29)30/h2,4-5,17,21,25H,3,6-15H2,1H3,(H,34,35)(H,31,32,33). The maximum atomic E-state index is 14.6. The van der Waals surface area contributed by atoms with Gasteiger partial charge in [0, 0.05) is 29.8 Å². The highest BCUT2D eigenvalue weighted by molar-refractivity contribution is 5.80. The maximum absolute atomic E-state index is 14.6. The molecule has 0 spiro atoms. The Labute approximate surface area is 209 Å². The quantitative estimate of drug-likeness (QED) is 0.484. The van der Waals surface area contributed by atoms with Gasteiger partial charge in [0.2, 0.25) is 5.91 Å². The third kappa shape index (κ3) is 5.21. The molecule has 36 heavy (non-hydrogen) atoms. The molecule has 2 N–H and O–H groups in total. The lowest BCUT2D eigenvalue weighted by Crippen LogP contribution is -2.54. The van der Waals surface area contributed by atoms with Crippen molar-refractivity contribution in [2.75, 3.05) is 11.9 Å². The van der Waals surface area contributed by atoms with Crippen LogP contribution in [0.2, 0.25) is 0 Å². The van der Waals surface area contributed by atoms with Gasteiger partial charge >= 0.3 is 0 Å². The van der Waals surface area contributed by atoms with Gasteiger partial charge in [0.1, 0.15) is 17.5 Å². The molecular formula is C27H33F3N4O2. The van der Waals surface area contributed by atoms with Gasteiger partial charge < -0.3 is 15.4 Å². The van der Waals surface area contributed by atoms with E-state index in [2.05, 4.69) is 20.6 Å². The van der Waals surface area contributed by atoms with Crippen LogP contribution >= 0.6 is 0 Å². The van der Waals surface area contributed by atoms with Crippen molar-refractivity contribution in [2.45, 2.75) is 89.3 Å². The molecule has 4 fully saturated rings. The number of nitrogens with zero attached hydrogens (tertiary/aromatic N) is 2. The number of rotatable bonds is 8. The van der Waals surface area contributed by atoms with Gasteiger partial charge in [-0.05, 0) is 64.2 Å². The first-order valence-corrected chi connectivity index (χ1v) is 12.9. The van der Waals surface area contributed by atoms with Gasteiger partial charge in [-0.3, -0.25) is 4.79 Å². The Balaban J connectivity index is 1.39. The molecule has 1 aromatic heterocycles. The van der Waals surface area contributed by atoms with Crippen molar-refractivity contribution in [3.8, 4) is 0 Å². The molecule has 9 heteroatoms. The second-order valence-corrected chi connectivity index (χ2v) is 10.4. The largest absolute Gasteiger partial charge is 0.373 e. The van der Waals surface area contributed by atoms with Crippen LogP contribution in [-0.4, -0.2) is 28.0 Å². The number of nitrogens with one attached hydrogen (secondary N) is 2. The summed E-state index contributed by atoms with van der Waals surface area (Å²) in [7, 11) is 0. The van der Waals surface area contributed by atoms with Gasteiger partial charge in [-0.25, -0.2) is 23.1 Å². The summed E-state index contributed by atoms with van der Waals surface area (Å²) >= 11 is 0. The van der Waals surface area contributed by atoms with Crippen LogP contribution in [0.3, 0.4) is 0 Å². The Morgan fingerprint density at radius 3 is 2.58 bits per heavy atom. The van der Waals surface area contributed by atoms with Crippen LogP contribution in [0.5, 0.6) is 0 Å². The number of amides is 1. The van der Waals surface area contributed by atoms with E-state index in [0.717, 1.165) is 44.1 Å². The summed E-state index contributed by atoms with van der Waals surface area (Å²) in [6.07, 6.45) is 5.17. The summed E-state index contributed by atoms with van der Waals surface area (Å²) in [5.41, 5.74) is 0.682. The van der Waals surface area contributed by atoms with E-state index >= 15 is 0 Å². The minimum atomic E-state index is -2.89. The molecule has 1 atom stereocenters. The van der Waals surface area contributed by atoms with Crippen molar-refractivity contribution in [3.05, 3.63) is 52.2 Å². The van der Waals surface area contributed by atoms with Crippen molar-refractivity contribution < 1.29 is 22.7 Å². The number of ether oxygens (including phenoxy) is 1. The summed E-state index contributed by atoms with van der Waals surface area (Å²) in [5, 5.41) is 6.45. The molecule has 2 heterocycles. The van der Waals surface area contributed by atoms with E-state index in [0.29, 0.717) is 29.5 Å². The molecular weight excluding hydrogens is 469 g/mol. The number of aryl methyl sites for hydroxylation is 1. The number of carbonyl (C=O) groups is 1. The fourth-order valence-electron chi connectivity index (χ4n) is 6.06. The van der Waals surface area contributed by atoms with E-state index in [1.54, 1.807) is 6.92 Å². The molecule has 6 rings (SSSR count). The van der Waals surface area contributed by atoms with E-state index in [1.807, 2.05) is 0 Å². The minimum Gasteiger partial charge on any atom is -0.373 e. The number of anilines is 1. The van der Waals surface area contributed by atoms with Crippen LogP contribution in [-0.2, 0) is 22.5 Å². The normalized spacial score (nSPS) is 25.4. The summed E-state index contributed by atoms with van der Waals surface area (Å²) in [4.78, 5) is 22.4. The summed E-state index contributed by atoms with van der Waals surface area (Å²) < 4.78 is 46.9. The number of benzene rings is 1. The number of hydrogen-bond donors (Lipinski definition) is 2. The van der Waals surface area contributed by atoms with Crippen LogP contribution in [0.1, 0.15) is 92.1 Å². The Morgan fingerprint density at radius 1 is 1.17 bits per heavy atom. The number of hydrogen-bond acceptors (Lipinski definition) is 5. The first-order valence-electron chi connectivity index (χ1n) is 12.9. The molecule has 1 aromatic carbocycles. The van der Waals surface area contributed by atoms with Crippen molar-refractivity contribution in [2.24, 2.45) is 5.92 Å². The maximum Gasteiger partial charge on any atom is 0.266 e. The zero-order chi connectivity index (χ0) is 25.3. The van der Waals surface area contributed by atoms with Crippen molar-refractivity contribution >= 4 is 11.7 Å². The Bertz CT molecular complexity index is 1100. The highest BCUT2D eigenvalue weighted by atomic mass is 19.3. The molecule has 1 unspecified atom stereocenters. The van der Waals surface area contributed by atoms with Crippen molar-refractivity contribution in [1.29, 1.82) is 0 Å².